The smallest absolute Gasteiger partial charge is 0.241 e. The van der Waals surface area contributed by atoms with Gasteiger partial charge < -0.3 is 10.6 Å². The third-order valence-electron chi connectivity index (χ3n) is 5.03. The van der Waals surface area contributed by atoms with Crippen LogP contribution < -0.4 is 15.5 Å². The predicted molar refractivity (Wildman–Crippen MR) is 103 cm³/mol. The molecule has 0 radical (unpaired) electrons. The van der Waals surface area contributed by atoms with E-state index in [1.165, 1.54) is 5.56 Å². The van der Waals surface area contributed by atoms with Crippen molar-refractivity contribution in [1.82, 2.24) is 0 Å². The molecule has 0 saturated heterocycles. The Labute approximate surface area is 150 Å². The minimum Gasteiger partial charge on any atom is -0.384 e. The molecule has 5 nitrogen and oxygen atoms in total. The van der Waals surface area contributed by atoms with Gasteiger partial charge in [0.15, 0.2) is 0 Å². The Hall–Kier alpha value is -3.34. The second-order valence-corrected chi connectivity index (χ2v) is 6.65. The minimum atomic E-state index is -0.283. The third-order valence-corrected chi connectivity index (χ3v) is 5.03. The van der Waals surface area contributed by atoms with Gasteiger partial charge in [-0.05, 0) is 35.6 Å². The van der Waals surface area contributed by atoms with E-state index in [1.54, 1.807) is 4.90 Å². The molecule has 2 aliphatic heterocycles. The van der Waals surface area contributed by atoms with E-state index in [1.807, 2.05) is 48.5 Å². The van der Waals surface area contributed by atoms with Crippen LogP contribution in [-0.2, 0) is 16.0 Å². The number of benzene rings is 3. The number of carbonyl (C=O) groups excluding carboxylic acids is 2. The highest BCUT2D eigenvalue weighted by Crippen LogP contribution is 2.41. The maximum Gasteiger partial charge on any atom is 0.241 e. The summed E-state index contributed by atoms with van der Waals surface area (Å²) >= 11 is 0. The Balaban J connectivity index is 1.74. The topological polar surface area (TPSA) is 61.4 Å². The molecule has 2 N–H and O–H groups in total. The highest BCUT2D eigenvalue weighted by atomic mass is 16.2. The molecule has 0 atom stereocenters. The number of hydrogen-bond donors (Lipinski definition) is 2. The molecule has 5 rings (SSSR count). The monoisotopic (exact) mass is 343 g/mol. The number of nitrogens with one attached hydrogen (secondary N) is 2. The van der Waals surface area contributed by atoms with Crippen LogP contribution in [0.4, 0.5) is 22.7 Å². The molecule has 2 amide bonds. The first-order chi connectivity index (χ1) is 12.7. The van der Waals surface area contributed by atoms with Crippen molar-refractivity contribution < 1.29 is 9.59 Å². The summed E-state index contributed by atoms with van der Waals surface area (Å²) in [6.07, 6.45) is 0.818. The van der Waals surface area contributed by atoms with E-state index in [0.717, 1.165) is 35.1 Å². The summed E-state index contributed by atoms with van der Waals surface area (Å²) in [5, 5.41) is 8.24. The van der Waals surface area contributed by atoms with Crippen LogP contribution in [0.1, 0.15) is 12.0 Å². The summed E-state index contributed by atoms with van der Waals surface area (Å²) in [6, 6.07) is 17.8. The second-order valence-electron chi connectivity index (χ2n) is 6.65. The second kappa shape index (κ2) is 5.59. The molecule has 26 heavy (non-hydrogen) atoms. The number of fused-ring (bicyclic) bond motifs is 4. The molecule has 2 aliphatic rings. The van der Waals surface area contributed by atoms with E-state index in [9.17, 15) is 9.59 Å². The number of nitrogens with zero attached hydrogens (tertiary/aromatic N) is 1. The van der Waals surface area contributed by atoms with Gasteiger partial charge in [0, 0.05) is 17.6 Å². The van der Waals surface area contributed by atoms with Crippen molar-refractivity contribution in [3.8, 4) is 0 Å². The minimum absolute atomic E-state index is 0.173. The number of carbonyl (C=O) groups is 2. The van der Waals surface area contributed by atoms with Crippen LogP contribution in [-0.4, -0.2) is 18.4 Å². The van der Waals surface area contributed by atoms with E-state index in [2.05, 4.69) is 16.7 Å². The molecule has 0 spiro atoms. The molecule has 5 heteroatoms. The SMILES string of the molecule is O=C1CC(=O)N(c2ccc3c(c2)NCC3)c2ccc3ccccc3c2N1. The van der Waals surface area contributed by atoms with Gasteiger partial charge in [-0.2, -0.15) is 0 Å². The Morgan fingerprint density at radius 1 is 0.962 bits per heavy atom. The fraction of sp³-hybridized carbons (Fsp3) is 0.143. The molecule has 3 aromatic carbocycles. The fourth-order valence-electron chi connectivity index (χ4n) is 3.81. The van der Waals surface area contributed by atoms with E-state index in [0.29, 0.717) is 11.4 Å². The molecular weight excluding hydrogens is 326 g/mol. The summed E-state index contributed by atoms with van der Waals surface area (Å²) in [5.74, 6) is -0.510. The zero-order valence-electron chi connectivity index (χ0n) is 14.1. The lowest BCUT2D eigenvalue weighted by atomic mass is 10.1. The van der Waals surface area contributed by atoms with Crippen LogP contribution in [0.2, 0.25) is 0 Å². The summed E-state index contributed by atoms with van der Waals surface area (Å²) < 4.78 is 0. The molecule has 3 aromatic rings. The number of amides is 2. The summed E-state index contributed by atoms with van der Waals surface area (Å²) in [6.45, 7) is 0.911. The zero-order valence-corrected chi connectivity index (χ0v) is 14.1. The quantitative estimate of drug-likeness (QED) is 0.661. The molecule has 0 unspecified atom stereocenters. The maximum absolute atomic E-state index is 12.9. The van der Waals surface area contributed by atoms with Crippen molar-refractivity contribution in [1.29, 1.82) is 0 Å². The summed E-state index contributed by atoms with van der Waals surface area (Å²) in [5.41, 5.74) is 4.48. The van der Waals surface area contributed by atoms with Gasteiger partial charge in [-0.25, -0.2) is 0 Å². The molecule has 0 aromatic heterocycles. The van der Waals surface area contributed by atoms with Crippen molar-refractivity contribution in [2.75, 3.05) is 22.1 Å². The van der Waals surface area contributed by atoms with Crippen molar-refractivity contribution in [2.45, 2.75) is 12.8 Å². The van der Waals surface area contributed by atoms with Gasteiger partial charge in [-0.3, -0.25) is 14.5 Å². The summed E-state index contributed by atoms with van der Waals surface area (Å²) in [4.78, 5) is 26.8. The van der Waals surface area contributed by atoms with Crippen LogP contribution in [0.3, 0.4) is 0 Å². The maximum atomic E-state index is 12.9. The normalized spacial score (nSPS) is 15.9. The van der Waals surface area contributed by atoms with Crippen molar-refractivity contribution in [3.63, 3.8) is 0 Å². The Morgan fingerprint density at radius 3 is 2.77 bits per heavy atom. The lowest BCUT2D eigenvalue weighted by Crippen LogP contribution is -2.26. The Bertz CT molecular complexity index is 1070. The standard InChI is InChI=1S/C21H17N3O2/c25-19-12-20(26)24(15-7-5-14-9-10-22-17(14)11-15)18-8-6-13-3-1-2-4-16(13)21(18)23-19/h1-8,11,22H,9-10,12H2,(H,23,25). The predicted octanol–water partition coefficient (Wildman–Crippen LogP) is 3.81. The zero-order chi connectivity index (χ0) is 17.7. The van der Waals surface area contributed by atoms with Crippen LogP contribution in [0, 0.1) is 0 Å². The van der Waals surface area contributed by atoms with E-state index in [-0.39, 0.29) is 18.2 Å². The van der Waals surface area contributed by atoms with Gasteiger partial charge in [0.05, 0.1) is 17.1 Å². The first-order valence-corrected chi connectivity index (χ1v) is 8.72. The van der Waals surface area contributed by atoms with Crippen LogP contribution in [0.15, 0.2) is 54.6 Å². The van der Waals surface area contributed by atoms with Gasteiger partial charge >= 0.3 is 0 Å². The lowest BCUT2D eigenvalue weighted by molar-refractivity contribution is -0.124. The average molecular weight is 343 g/mol. The molecule has 2 heterocycles. The van der Waals surface area contributed by atoms with E-state index >= 15 is 0 Å². The fourth-order valence-corrected chi connectivity index (χ4v) is 3.81. The first kappa shape index (κ1) is 15.0. The van der Waals surface area contributed by atoms with Gasteiger partial charge in [0.2, 0.25) is 11.8 Å². The lowest BCUT2D eigenvalue weighted by Gasteiger charge is -2.24. The highest BCUT2D eigenvalue weighted by Gasteiger charge is 2.29. The van der Waals surface area contributed by atoms with E-state index < -0.39 is 0 Å². The van der Waals surface area contributed by atoms with Gasteiger partial charge in [-0.1, -0.05) is 36.4 Å². The van der Waals surface area contributed by atoms with Gasteiger partial charge in [0.25, 0.3) is 0 Å². The molecule has 0 fully saturated rings. The van der Waals surface area contributed by atoms with Crippen molar-refractivity contribution in [2.24, 2.45) is 0 Å². The van der Waals surface area contributed by atoms with Crippen molar-refractivity contribution in [3.05, 3.63) is 60.2 Å². The largest absolute Gasteiger partial charge is 0.384 e. The Morgan fingerprint density at radius 2 is 1.85 bits per heavy atom. The highest BCUT2D eigenvalue weighted by molar-refractivity contribution is 6.21. The van der Waals surface area contributed by atoms with Crippen molar-refractivity contribution >= 4 is 45.3 Å². The summed E-state index contributed by atoms with van der Waals surface area (Å²) in [7, 11) is 0. The molecule has 0 saturated carbocycles. The molecule has 0 bridgehead atoms. The van der Waals surface area contributed by atoms with Crippen LogP contribution in [0.5, 0.6) is 0 Å². The third kappa shape index (κ3) is 2.24. The van der Waals surface area contributed by atoms with Crippen LogP contribution >= 0.6 is 0 Å². The number of anilines is 4. The first-order valence-electron chi connectivity index (χ1n) is 8.72. The van der Waals surface area contributed by atoms with Crippen LogP contribution in [0.25, 0.3) is 10.8 Å². The number of rotatable bonds is 1. The molecule has 128 valence electrons. The van der Waals surface area contributed by atoms with Gasteiger partial charge in [-0.15, -0.1) is 0 Å². The molecular formula is C21H17N3O2. The van der Waals surface area contributed by atoms with E-state index in [4.69, 9.17) is 0 Å². The Kier molecular flexibility index (Phi) is 3.22. The average Bonchev–Trinajstić information content (AvgIpc) is 3.06. The number of hydrogen-bond acceptors (Lipinski definition) is 3. The molecule has 0 aliphatic carbocycles. The van der Waals surface area contributed by atoms with Gasteiger partial charge in [0.1, 0.15) is 6.42 Å².